The number of benzene rings is 1. The van der Waals surface area contributed by atoms with E-state index in [4.69, 9.17) is 11.6 Å². The van der Waals surface area contributed by atoms with Crippen molar-refractivity contribution in [2.75, 3.05) is 6.54 Å². The van der Waals surface area contributed by atoms with Crippen LogP contribution < -0.4 is 5.32 Å². The SMILES string of the molecule is N#CC1(NC(=O)[C@@H]2C[C@@H](S(=O)(=O)c3ccc(C(F)(F)F)cc3)CN2C(=O)C2(c3ccc(Cl)nc3)CC2)CC1. The third-order valence-electron chi connectivity index (χ3n) is 7.54. The first kappa shape index (κ1) is 26.4. The molecule has 0 bridgehead atoms. The van der Waals surface area contributed by atoms with Crippen molar-refractivity contribution in [3.05, 3.63) is 58.9 Å². The van der Waals surface area contributed by atoms with Gasteiger partial charge in [0, 0.05) is 12.7 Å². The number of aromatic nitrogens is 1. The van der Waals surface area contributed by atoms with Gasteiger partial charge in [-0.05, 0) is 68.0 Å². The largest absolute Gasteiger partial charge is 0.416 e. The van der Waals surface area contributed by atoms with Crippen molar-refractivity contribution in [1.82, 2.24) is 15.2 Å². The van der Waals surface area contributed by atoms with Crippen LogP contribution >= 0.6 is 11.6 Å². The van der Waals surface area contributed by atoms with Crippen molar-refractivity contribution in [2.45, 2.75) is 65.4 Å². The first-order valence-electron chi connectivity index (χ1n) is 11.9. The van der Waals surface area contributed by atoms with Crippen molar-refractivity contribution in [1.29, 1.82) is 5.26 Å². The van der Waals surface area contributed by atoms with E-state index in [9.17, 15) is 36.4 Å². The van der Waals surface area contributed by atoms with E-state index in [1.807, 2.05) is 6.07 Å². The maximum absolute atomic E-state index is 13.8. The van der Waals surface area contributed by atoms with E-state index in [0.29, 0.717) is 43.4 Å². The second-order valence-corrected chi connectivity index (χ2v) is 12.6. The molecule has 0 unspecified atom stereocenters. The van der Waals surface area contributed by atoms with E-state index in [1.54, 1.807) is 12.1 Å². The number of halogens is 4. The lowest BCUT2D eigenvalue weighted by molar-refractivity contribution is -0.140. The zero-order chi connectivity index (χ0) is 27.5. The zero-order valence-corrected chi connectivity index (χ0v) is 21.4. The number of hydrogen-bond acceptors (Lipinski definition) is 6. The fourth-order valence-electron chi connectivity index (χ4n) is 4.91. The predicted molar refractivity (Wildman–Crippen MR) is 128 cm³/mol. The molecule has 3 fully saturated rings. The Kier molecular flexibility index (Phi) is 6.23. The summed E-state index contributed by atoms with van der Waals surface area (Å²) in [7, 11) is -4.20. The molecule has 2 atom stereocenters. The van der Waals surface area contributed by atoms with Crippen LogP contribution in [-0.2, 0) is 31.0 Å². The van der Waals surface area contributed by atoms with Gasteiger partial charge in [0.25, 0.3) is 0 Å². The summed E-state index contributed by atoms with van der Waals surface area (Å²) in [6.07, 6.45) is -1.57. The standard InChI is InChI=1S/C25H22ClF3N4O4S/c26-20-6-3-16(12-31-20)24(9-10-24)22(35)33-13-18(11-19(33)21(34)32-23(14-30)7-8-23)38(36,37)17-4-1-15(2-5-17)25(27,28)29/h1-6,12,18-19H,7-11,13H2,(H,32,34)/t18-,19+/m1/s1. The van der Waals surface area contributed by atoms with Crippen molar-refractivity contribution in [2.24, 2.45) is 0 Å². The number of amides is 2. The second kappa shape index (κ2) is 8.95. The fourth-order valence-corrected chi connectivity index (χ4v) is 6.72. The van der Waals surface area contributed by atoms with Crippen molar-refractivity contribution < 1.29 is 31.2 Å². The number of nitriles is 1. The number of nitrogens with zero attached hydrogens (tertiary/aromatic N) is 3. The molecule has 1 N–H and O–H groups in total. The number of carbonyl (C=O) groups excluding carboxylic acids is 2. The third kappa shape index (κ3) is 4.62. The Bertz CT molecular complexity index is 1430. The Morgan fingerprint density at radius 1 is 1.11 bits per heavy atom. The molecule has 2 heterocycles. The molecule has 2 aliphatic carbocycles. The fraction of sp³-hybridized carbons (Fsp3) is 0.440. The molecule has 200 valence electrons. The van der Waals surface area contributed by atoms with Gasteiger partial charge in [0.15, 0.2) is 9.84 Å². The first-order valence-corrected chi connectivity index (χ1v) is 13.8. The molecule has 1 aromatic heterocycles. The number of nitrogens with one attached hydrogen (secondary N) is 1. The Labute approximate surface area is 221 Å². The number of likely N-dealkylation sites (tertiary alicyclic amines) is 1. The number of carbonyl (C=O) groups is 2. The van der Waals surface area contributed by atoms with Gasteiger partial charge in [-0.2, -0.15) is 18.4 Å². The van der Waals surface area contributed by atoms with Crippen molar-refractivity contribution in [3.63, 3.8) is 0 Å². The average molecular weight is 567 g/mol. The molecule has 0 spiro atoms. The highest BCUT2D eigenvalue weighted by Gasteiger charge is 2.58. The molecule has 3 aliphatic rings. The van der Waals surface area contributed by atoms with Gasteiger partial charge in [-0.15, -0.1) is 0 Å². The molecular formula is C25H22ClF3N4O4S. The Balaban J connectivity index is 1.45. The van der Waals surface area contributed by atoms with E-state index in [2.05, 4.69) is 10.3 Å². The smallest absolute Gasteiger partial charge is 0.336 e. The highest BCUT2D eigenvalue weighted by molar-refractivity contribution is 7.92. The molecule has 1 aliphatic heterocycles. The van der Waals surface area contributed by atoms with Crippen LogP contribution in [0.1, 0.15) is 43.2 Å². The number of alkyl halides is 3. The maximum Gasteiger partial charge on any atom is 0.416 e. The van der Waals surface area contributed by atoms with Gasteiger partial charge in [0.1, 0.15) is 16.7 Å². The van der Waals surface area contributed by atoms with E-state index in [0.717, 1.165) is 12.1 Å². The van der Waals surface area contributed by atoms with E-state index >= 15 is 0 Å². The predicted octanol–water partition coefficient (Wildman–Crippen LogP) is 3.40. The molecule has 8 nitrogen and oxygen atoms in total. The summed E-state index contributed by atoms with van der Waals surface area (Å²) >= 11 is 5.88. The molecule has 2 aromatic rings. The first-order chi connectivity index (χ1) is 17.8. The zero-order valence-electron chi connectivity index (χ0n) is 19.8. The summed E-state index contributed by atoms with van der Waals surface area (Å²) in [5.74, 6) is -1.07. The maximum atomic E-state index is 13.8. The van der Waals surface area contributed by atoms with Crippen LogP contribution in [0.2, 0.25) is 5.15 Å². The van der Waals surface area contributed by atoms with Gasteiger partial charge in [0.05, 0.1) is 27.2 Å². The van der Waals surface area contributed by atoms with E-state index in [1.165, 1.54) is 11.1 Å². The molecule has 2 amide bonds. The van der Waals surface area contributed by atoms with E-state index < -0.39 is 55.6 Å². The van der Waals surface area contributed by atoms with Crippen LogP contribution in [0.4, 0.5) is 13.2 Å². The molecule has 1 aromatic carbocycles. The summed E-state index contributed by atoms with van der Waals surface area (Å²) in [4.78, 5) is 32.0. The summed E-state index contributed by atoms with van der Waals surface area (Å²) in [5, 5.41) is 11.1. The molecule has 5 rings (SSSR count). The normalized spacial score (nSPS) is 23.4. The minimum atomic E-state index is -4.63. The highest BCUT2D eigenvalue weighted by Crippen LogP contribution is 2.51. The van der Waals surface area contributed by atoms with Gasteiger partial charge < -0.3 is 10.2 Å². The topological polar surface area (TPSA) is 120 Å². The minimum absolute atomic E-state index is 0.240. The quantitative estimate of drug-likeness (QED) is 0.535. The molecule has 2 saturated carbocycles. The summed E-state index contributed by atoms with van der Waals surface area (Å²) < 4.78 is 65.8. The Morgan fingerprint density at radius 2 is 1.76 bits per heavy atom. The highest BCUT2D eigenvalue weighted by atomic mass is 35.5. The molecular weight excluding hydrogens is 545 g/mol. The molecule has 38 heavy (non-hydrogen) atoms. The number of pyridine rings is 1. The third-order valence-corrected chi connectivity index (χ3v) is 9.91. The molecule has 1 saturated heterocycles. The Morgan fingerprint density at radius 3 is 2.26 bits per heavy atom. The number of sulfone groups is 1. The second-order valence-electron chi connectivity index (χ2n) is 10.0. The van der Waals surface area contributed by atoms with Crippen molar-refractivity contribution >= 4 is 33.3 Å². The molecule has 13 heteroatoms. The van der Waals surface area contributed by atoms with Crippen LogP contribution in [0.3, 0.4) is 0 Å². The van der Waals surface area contributed by atoms with Gasteiger partial charge in [-0.3, -0.25) is 9.59 Å². The van der Waals surface area contributed by atoms with Crippen LogP contribution in [0, 0.1) is 11.3 Å². The minimum Gasteiger partial charge on any atom is -0.336 e. The average Bonchev–Trinajstić information content (AvgIpc) is 3.80. The number of hydrogen-bond donors (Lipinski definition) is 1. The van der Waals surface area contributed by atoms with E-state index in [-0.39, 0.29) is 23.0 Å². The van der Waals surface area contributed by atoms with Gasteiger partial charge in [-0.1, -0.05) is 17.7 Å². The Hall–Kier alpha value is -3.17. The van der Waals surface area contributed by atoms with Crippen LogP contribution in [0.15, 0.2) is 47.5 Å². The van der Waals surface area contributed by atoms with Crippen LogP contribution in [0.25, 0.3) is 0 Å². The van der Waals surface area contributed by atoms with Crippen LogP contribution in [0.5, 0.6) is 0 Å². The monoisotopic (exact) mass is 566 g/mol. The summed E-state index contributed by atoms with van der Waals surface area (Å²) in [6.45, 7) is -0.317. The van der Waals surface area contributed by atoms with Gasteiger partial charge in [-0.25, -0.2) is 13.4 Å². The van der Waals surface area contributed by atoms with Gasteiger partial charge >= 0.3 is 6.18 Å². The van der Waals surface area contributed by atoms with Gasteiger partial charge in [0.2, 0.25) is 11.8 Å². The lowest BCUT2D eigenvalue weighted by Gasteiger charge is -2.29. The number of rotatable bonds is 6. The van der Waals surface area contributed by atoms with Crippen molar-refractivity contribution in [3.8, 4) is 6.07 Å². The summed E-state index contributed by atoms with van der Waals surface area (Å²) in [5.41, 5.74) is -2.41. The lowest BCUT2D eigenvalue weighted by atomic mass is 9.95. The van der Waals surface area contributed by atoms with Crippen LogP contribution in [-0.4, -0.2) is 53.5 Å². The molecule has 0 radical (unpaired) electrons. The summed E-state index contributed by atoms with van der Waals surface area (Å²) in [6, 6.07) is 7.22. The lowest BCUT2D eigenvalue weighted by Crippen LogP contribution is -2.51.